The Labute approximate surface area is 109 Å². The highest BCUT2D eigenvalue weighted by Crippen LogP contribution is 2.29. The molecule has 96 valence electrons. The van der Waals surface area contributed by atoms with E-state index >= 15 is 0 Å². The van der Waals surface area contributed by atoms with Crippen molar-refractivity contribution in [3.8, 4) is 11.3 Å². The largest absolute Gasteiger partial charge is 0.466 e. The minimum atomic E-state index is -0.546. The second-order valence-corrected chi connectivity index (χ2v) is 5.00. The quantitative estimate of drug-likeness (QED) is 0.892. The SMILES string of the molecule is Cc1cc(-c2csc(NC(=O)[C@@H](C)N)n2)c(C)o1. The number of nitrogens with two attached hydrogens (primary N) is 1. The minimum absolute atomic E-state index is 0.240. The Balaban J connectivity index is 2.20. The molecule has 0 spiro atoms. The first-order valence-electron chi connectivity index (χ1n) is 5.56. The second kappa shape index (κ2) is 4.91. The summed E-state index contributed by atoms with van der Waals surface area (Å²) in [6, 6.07) is 1.39. The first kappa shape index (κ1) is 12.8. The minimum Gasteiger partial charge on any atom is -0.466 e. The summed E-state index contributed by atoms with van der Waals surface area (Å²) in [7, 11) is 0. The number of amides is 1. The van der Waals surface area contributed by atoms with E-state index in [0.29, 0.717) is 5.13 Å². The van der Waals surface area contributed by atoms with Crippen LogP contribution in [0.15, 0.2) is 15.9 Å². The monoisotopic (exact) mass is 265 g/mol. The van der Waals surface area contributed by atoms with Gasteiger partial charge in [0.05, 0.1) is 11.7 Å². The number of aryl methyl sites for hydroxylation is 2. The third-order valence-corrected chi connectivity index (χ3v) is 3.22. The van der Waals surface area contributed by atoms with Gasteiger partial charge in [0, 0.05) is 10.9 Å². The molecule has 0 saturated heterocycles. The molecular formula is C12H15N3O2S. The van der Waals surface area contributed by atoms with Crippen molar-refractivity contribution >= 4 is 22.4 Å². The summed E-state index contributed by atoms with van der Waals surface area (Å²) in [5.41, 5.74) is 7.23. The molecule has 2 heterocycles. The summed E-state index contributed by atoms with van der Waals surface area (Å²) in [6.45, 7) is 5.41. The van der Waals surface area contributed by atoms with Crippen molar-refractivity contribution < 1.29 is 9.21 Å². The highest BCUT2D eigenvalue weighted by molar-refractivity contribution is 7.14. The molecule has 2 aromatic rings. The summed E-state index contributed by atoms with van der Waals surface area (Å²) in [6.07, 6.45) is 0. The lowest BCUT2D eigenvalue weighted by Gasteiger charge is -2.03. The number of furan rings is 1. The fraction of sp³-hybridized carbons (Fsp3) is 0.333. The van der Waals surface area contributed by atoms with Crippen molar-refractivity contribution in [1.29, 1.82) is 0 Å². The number of carbonyl (C=O) groups is 1. The lowest BCUT2D eigenvalue weighted by atomic mass is 10.2. The average molecular weight is 265 g/mol. The Kier molecular flexibility index (Phi) is 3.49. The third-order valence-electron chi connectivity index (χ3n) is 2.46. The molecule has 2 aromatic heterocycles. The van der Waals surface area contributed by atoms with Gasteiger partial charge in [-0.15, -0.1) is 11.3 Å². The van der Waals surface area contributed by atoms with Crippen LogP contribution in [-0.2, 0) is 4.79 Å². The maximum atomic E-state index is 11.4. The van der Waals surface area contributed by atoms with Crippen LogP contribution in [-0.4, -0.2) is 16.9 Å². The molecule has 2 rings (SSSR count). The smallest absolute Gasteiger partial charge is 0.242 e. The van der Waals surface area contributed by atoms with Gasteiger partial charge in [-0.3, -0.25) is 4.79 Å². The van der Waals surface area contributed by atoms with Gasteiger partial charge < -0.3 is 15.5 Å². The van der Waals surface area contributed by atoms with E-state index in [9.17, 15) is 4.79 Å². The number of rotatable bonds is 3. The molecule has 6 heteroatoms. The molecule has 0 aromatic carbocycles. The highest BCUT2D eigenvalue weighted by atomic mass is 32.1. The van der Waals surface area contributed by atoms with Gasteiger partial charge in [0.1, 0.15) is 11.5 Å². The molecule has 0 aliphatic heterocycles. The fourth-order valence-electron chi connectivity index (χ4n) is 1.56. The highest BCUT2D eigenvalue weighted by Gasteiger charge is 2.13. The number of thiazole rings is 1. The molecule has 0 unspecified atom stereocenters. The first-order valence-corrected chi connectivity index (χ1v) is 6.44. The Morgan fingerprint density at radius 2 is 2.28 bits per heavy atom. The van der Waals surface area contributed by atoms with Crippen LogP contribution in [0.2, 0.25) is 0 Å². The lowest BCUT2D eigenvalue weighted by Crippen LogP contribution is -2.32. The maximum Gasteiger partial charge on any atom is 0.242 e. The maximum absolute atomic E-state index is 11.4. The fourth-order valence-corrected chi connectivity index (χ4v) is 2.27. The zero-order valence-corrected chi connectivity index (χ0v) is 11.3. The van der Waals surface area contributed by atoms with Crippen LogP contribution in [0.25, 0.3) is 11.3 Å². The molecule has 1 atom stereocenters. The van der Waals surface area contributed by atoms with E-state index in [2.05, 4.69) is 10.3 Å². The van der Waals surface area contributed by atoms with Crippen molar-refractivity contribution in [1.82, 2.24) is 4.98 Å². The van der Waals surface area contributed by atoms with Crippen LogP contribution in [0.3, 0.4) is 0 Å². The molecule has 0 saturated carbocycles. The van der Waals surface area contributed by atoms with Crippen molar-refractivity contribution in [2.75, 3.05) is 5.32 Å². The predicted molar refractivity (Wildman–Crippen MR) is 71.6 cm³/mol. The van der Waals surface area contributed by atoms with Crippen molar-refractivity contribution in [3.05, 3.63) is 23.0 Å². The average Bonchev–Trinajstić information content (AvgIpc) is 2.85. The molecule has 0 fully saturated rings. The van der Waals surface area contributed by atoms with Gasteiger partial charge in [0.2, 0.25) is 5.91 Å². The van der Waals surface area contributed by atoms with Crippen LogP contribution in [0.5, 0.6) is 0 Å². The van der Waals surface area contributed by atoms with Gasteiger partial charge in [-0.25, -0.2) is 4.98 Å². The number of anilines is 1. The molecule has 3 N–H and O–H groups in total. The van der Waals surface area contributed by atoms with Crippen molar-refractivity contribution in [2.45, 2.75) is 26.8 Å². The van der Waals surface area contributed by atoms with E-state index in [0.717, 1.165) is 22.8 Å². The predicted octanol–water partition coefficient (Wildman–Crippen LogP) is 2.31. The molecule has 1 amide bonds. The van der Waals surface area contributed by atoms with Gasteiger partial charge in [-0.05, 0) is 26.8 Å². The van der Waals surface area contributed by atoms with E-state index in [4.69, 9.17) is 10.2 Å². The molecular weight excluding hydrogens is 250 g/mol. The first-order chi connectivity index (χ1) is 8.47. The lowest BCUT2D eigenvalue weighted by molar-refractivity contribution is -0.117. The van der Waals surface area contributed by atoms with E-state index < -0.39 is 6.04 Å². The number of carbonyl (C=O) groups excluding carboxylic acids is 1. The van der Waals surface area contributed by atoms with Crippen molar-refractivity contribution in [3.63, 3.8) is 0 Å². The van der Waals surface area contributed by atoms with Gasteiger partial charge >= 0.3 is 0 Å². The normalized spacial score (nSPS) is 12.4. The Bertz CT molecular complexity index is 572. The summed E-state index contributed by atoms with van der Waals surface area (Å²) >= 11 is 1.37. The van der Waals surface area contributed by atoms with Crippen LogP contribution in [0.1, 0.15) is 18.4 Å². The van der Waals surface area contributed by atoms with E-state index in [1.165, 1.54) is 11.3 Å². The molecule has 18 heavy (non-hydrogen) atoms. The van der Waals surface area contributed by atoms with Crippen LogP contribution in [0, 0.1) is 13.8 Å². The van der Waals surface area contributed by atoms with Crippen molar-refractivity contribution in [2.24, 2.45) is 5.73 Å². The Morgan fingerprint density at radius 3 is 2.83 bits per heavy atom. The summed E-state index contributed by atoms with van der Waals surface area (Å²) < 4.78 is 5.45. The van der Waals surface area contributed by atoms with Crippen LogP contribution >= 0.6 is 11.3 Å². The van der Waals surface area contributed by atoms with E-state index in [1.54, 1.807) is 6.92 Å². The number of nitrogens with one attached hydrogen (secondary N) is 1. The molecule has 5 nitrogen and oxygen atoms in total. The molecule has 0 aliphatic rings. The number of hydrogen-bond acceptors (Lipinski definition) is 5. The third kappa shape index (κ3) is 2.60. The topological polar surface area (TPSA) is 81.2 Å². The number of aromatic nitrogens is 1. The van der Waals surface area contributed by atoms with Crippen LogP contribution in [0.4, 0.5) is 5.13 Å². The standard InChI is InChI=1S/C12H15N3O2S/c1-6-4-9(8(3)17-6)10-5-18-12(14-10)15-11(16)7(2)13/h4-5,7H,13H2,1-3H3,(H,14,15,16)/t7-/m1/s1. The zero-order valence-electron chi connectivity index (χ0n) is 10.5. The van der Waals surface area contributed by atoms with Gasteiger partial charge in [0.15, 0.2) is 5.13 Å². The van der Waals surface area contributed by atoms with E-state index in [1.807, 2.05) is 25.3 Å². The second-order valence-electron chi connectivity index (χ2n) is 4.14. The Hall–Kier alpha value is -1.66. The molecule has 0 radical (unpaired) electrons. The van der Waals surface area contributed by atoms with E-state index in [-0.39, 0.29) is 5.91 Å². The van der Waals surface area contributed by atoms with Gasteiger partial charge in [-0.2, -0.15) is 0 Å². The zero-order chi connectivity index (χ0) is 13.3. The summed E-state index contributed by atoms with van der Waals surface area (Å²) in [5, 5.41) is 5.10. The van der Waals surface area contributed by atoms with Gasteiger partial charge in [0.25, 0.3) is 0 Å². The molecule has 0 bridgehead atoms. The van der Waals surface area contributed by atoms with Gasteiger partial charge in [-0.1, -0.05) is 0 Å². The number of hydrogen-bond donors (Lipinski definition) is 2. The van der Waals surface area contributed by atoms with Crippen LogP contribution < -0.4 is 11.1 Å². The molecule has 0 aliphatic carbocycles. The number of nitrogens with zero attached hydrogens (tertiary/aromatic N) is 1. The summed E-state index contributed by atoms with van der Waals surface area (Å²) in [5.74, 6) is 1.43. The summed E-state index contributed by atoms with van der Waals surface area (Å²) in [4.78, 5) is 15.8. The Morgan fingerprint density at radius 1 is 1.56 bits per heavy atom.